The molecule has 3 atom stereocenters. The number of carboxylic acids is 1. The maximum absolute atomic E-state index is 12.0. The summed E-state index contributed by atoms with van der Waals surface area (Å²) in [5, 5.41) is 35.2. The molecule has 2 aromatic rings. The normalized spacial score (nSPS) is 18.9. The Balaban J connectivity index is 1.71. The van der Waals surface area contributed by atoms with Gasteiger partial charge in [-0.15, -0.1) is 0 Å². The smallest absolute Gasteiger partial charge is 0.488 e. The van der Waals surface area contributed by atoms with Crippen molar-refractivity contribution in [3.8, 4) is 5.75 Å². The van der Waals surface area contributed by atoms with E-state index in [1.165, 1.54) is 6.92 Å². The summed E-state index contributed by atoms with van der Waals surface area (Å²) >= 11 is 6.54. The Morgan fingerprint density at radius 2 is 1.90 bits per heavy atom. The van der Waals surface area contributed by atoms with Crippen LogP contribution in [-0.4, -0.2) is 58.4 Å². The number of carbonyl (C=O) groups excluding carboxylic acids is 1. The van der Waals surface area contributed by atoms with Crippen LogP contribution in [0.4, 0.5) is 0 Å². The number of carboxylic acid groups (broad SMARTS) is 1. The number of nitrogens with one attached hydrogen (secondary N) is 2. The summed E-state index contributed by atoms with van der Waals surface area (Å²) in [5.74, 6) is -0.697. The van der Waals surface area contributed by atoms with Gasteiger partial charge in [-0.05, 0) is 54.1 Å². The van der Waals surface area contributed by atoms with E-state index in [1.807, 2.05) is 26.0 Å². The molecule has 0 bridgehead atoms. The Labute approximate surface area is 234 Å². The molecular weight excluding hydrogens is 523 g/mol. The standard InChI is InChI=1S/C28H36BClN2O7/c1-4-22(5-2)39-26-13-20(28(34)35)12-25(27(26)32-17(3)33)31-15-19-9-10-23(14-24(19)30)38-16-18-7-6-8-21(11-18)29(36)37/h6-11,13-14,22,25-27,31,36-37H,4-5,12,15-16H2,1-3H3,(H,32,33)(H,34,35)/t25-,26+,27+/m0/s1. The molecule has 0 spiro atoms. The van der Waals surface area contributed by atoms with Crippen LogP contribution in [0.15, 0.2) is 54.1 Å². The summed E-state index contributed by atoms with van der Waals surface area (Å²) in [6, 6.07) is 11.2. The van der Waals surface area contributed by atoms with Gasteiger partial charge in [0, 0.05) is 30.1 Å². The molecule has 0 fully saturated rings. The highest BCUT2D eigenvalue weighted by molar-refractivity contribution is 6.58. The molecule has 0 unspecified atom stereocenters. The number of rotatable bonds is 13. The first-order valence-corrected chi connectivity index (χ1v) is 13.4. The molecule has 11 heteroatoms. The monoisotopic (exact) mass is 558 g/mol. The molecule has 0 heterocycles. The van der Waals surface area contributed by atoms with E-state index in [1.54, 1.807) is 36.4 Å². The predicted molar refractivity (Wildman–Crippen MR) is 150 cm³/mol. The maximum Gasteiger partial charge on any atom is 0.488 e. The fourth-order valence-corrected chi connectivity index (χ4v) is 4.82. The maximum atomic E-state index is 12.0. The zero-order valence-corrected chi connectivity index (χ0v) is 23.1. The molecule has 1 aliphatic carbocycles. The highest BCUT2D eigenvalue weighted by Gasteiger charge is 2.37. The van der Waals surface area contributed by atoms with Gasteiger partial charge in [0.1, 0.15) is 12.4 Å². The van der Waals surface area contributed by atoms with E-state index < -0.39 is 31.3 Å². The van der Waals surface area contributed by atoms with E-state index in [0.717, 1.165) is 24.0 Å². The van der Waals surface area contributed by atoms with Crippen LogP contribution in [0.1, 0.15) is 51.2 Å². The van der Waals surface area contributed by atoms with Crippen LogP contribution in [0.5, 0.6) is 5.75 Å². The third kappa shape index (κ3) is 8.81. The van der Waals surface area contributed by atoms with Gasteiger partial charge < -0.3 is 35.3 Å². The minimum atomic E-state index is -1.55. The molecule has 1 amide bonds. The summed E-state index contributed by atoms with van der Waals surface area (Å²) in [5.41, 5.74) is 2.16. The molecular formula is C28H36BClN2O7. The Kier molecular flexibility index (Phi) is 11.4. The van der Waals surface area contributed by atoms with E-state index in [9.17, 15) is 24.7 Å². The number of ether oxygens (including phenoxy) is 2. The molecule has 5 N–H and O–H groups in total. The van der Waals surface area contributed by atoms with Crippen molar-refractivity contribution in [2.24, 2.45) is 0 Å². The van der Waals surface area contributed by atoms with Crippen LogP contribution in [0.2, 0.25) is 5.02 Å². The summed E-state index contributed by atoms with van der Waals surface area (Å²) in [7, 11) is -1.55. The quantitative estimate of drug-likeness (QED) is 0.237. The number of halogens is 1. The molecule has 1 aliphatic rings. The van der Waals surface area contributed by atoms with Crippen molar-refractivity contribution in [3.05, 3.63) is 70.3 Å². The van der Waals surface area contributed by atoms with Crippen molar-refractivity contribution in [3.63, 3.8) is 0 Å². The van der Waals surface area contributed by atoms with Gasteiger partial charge in [-0.3, -0.25) is 4.79 Å². The highest BCUT2D eigenvalue weighted by Crippen LogP contribution is 2.27. The SMILES string of the molecule is CCC(CC)O[C@@H]1C=C(C(=O)O)C[C@H](NCc2ccc(OCc3cccc(B(O)O)c3)cc2Cl)[C@H]1NC(C)=O. The summed E-state index contributed by atoms with van der Waals surface area (Å²) < 4.78 is 12.1. The van der Waals surface area contributed by atoms with E-state index in [0.29, 0.717) is 22.8 Å². The molecule has 0 radical (unpaired) electrons. The minimum absolute atomic E-state index is 0.0607. The van der Waals surface area contributed by atoms with E-state index in [-0.39, 0.29) is 30.6 Å². The lowest BCUT2D eigenvalue weighted by Crippen LogP contribution is -2.58. The van der Waals surface area contributed by atoms with Gasteiger partial charge >= 0.3 is 13.1 Å². The molecule has 9 nitrogen and oxygen atoms in total. The number of hydrogen-bond acceptors (Lipinski definition) is 7. The summed E-state index contributed by atoms with van der Waals surface area (Å²) in [6.45, 7) is 6.00. The zero-order chi connectivity index (χ0) is 28.5. The van der Waals surface area contributed by atoms with Gasteiger partial charge in [-0.1, -0.05) is 55.8 Å². The summed E-state index contributed by atoms with van der Waals surface area (Å²) in [6.07, 6.45) is 2.71. The minimum Gasteiger partial charge on any atom is -0.489 e. The second-order valence-electron chi connectivity index (χ2n) is 9.61. The second kappa shape index (κ2) is 14.5. The van der Waals surface area contributed by atoms with Crippen LogP contribution in [0.3, 0.4) is 0 Å². The zero-order valence-electron chi connectivity index (χ0n) is 22.4. The molecule has 0 saturated heterocycles. The lowest BCUT2D eigenvalue weighted by molar-refractivity contribution is -0.133. The first kappa shape index (κ1) is 30.7. The van der Waals surface area contributed by atoms with Crippen LogP contribution >= 0.6 is 11.6 Å². The third-order valence-corrected chi connectivity index (χ3v) is 7.08. The van der Waals surface area contributed by atoms with Gasteiger partial charge in [-0.25, -0.2) is 4.79 Å². The van der Waals surface area contributed by atoms with Crippen LogP contribution < -0.4 is 20.8 Å². The lowest BCUT2D eigenvalue weighted by atomic mass is 9.80. The predicted octanol–water partition coefficient (Wildman–Crippen LogP) is 2.55. The van der Waals surface area contributed by atoms with Crippen LogP contribution in [0, 0.1) is 0 Å². The van der Waals surface area contributed by atoms with E-state index in [2.05, 4.69) is 10.6 Å². The Hall–Kier alpha value is -2.89. The van der Waals surface area contributed by atoms with E-state index >= 15 is 0 Å². The fraction of sp³-hybridized carbons (Fsp3) is 0.429. The number of aliphatic carboxylic acids is 1. The van der Waals surface area contributed by atoms with Gasteiger partial charge in [0.25, 0.3) is 0 Å². The molecule has 0 aromatic heterocycles. The number of benzene rings is 2. The van der Waals surface area contributed by atoms with Crippen molar-refractivity contribution in [1.29, 1.82) is 0 Å². The van der Waals surface area contributed by atoms with Crippen molar-refractivity contribution < 1.29 is 34.2 Å². The van der Waals surface area contributed by atoms with Crippen molar-refractivity contribution in [2.75, 3.05) is 0 Å². The average molecular weight is 559 g/mol. The van der Waals surface area contributed by atoms with E-state index in [4.69, 9.17) is 21.1 Å². The third-order valence-electron chi connectivity index (χ3n) is 6.73. The fourth-order valence-electron chi connectivity index (χ4n) is 4.58. The molecule has 0 aliphatic heterocycles. The molecule has 210 valence electrons. The number of hydrogen-bond donors (Lipinski definition) is 5. The Morgan fingerprint density at radius 3 is 2.51 bits per heavy atom. The highest BCUT2D eigenvalue weighted by atomic mass is 35.5. The topological polar surface area (TPSA) is 137 Å². The van der Waals surface area contributed by atoms with Crippen molar-refractivity contribution in [2.45, 2.75) is 77.5 Å². The number of amides is 1. The molecule has 3 rings (SSSR count). The van der Waals surface area contributed by atoms with Gasteiger partial charge in [0.15, 0.2) is 0 Å². The molecule has 0 saturated carbocycles. The second-order valence-corrected chi connectivity index (χ2v) is 10.0. The summed E-state index contributed by atoms with van der Waals surface area (Å²) in [4.78, 5) is 23.9. The van der Waals surface area contributed by atoms with Gasteiger partial charge in [0.05, 0.1) is 18.2 Å². The Bertz CT molecular complexity index is 1170. The largest absolute Gasteiger partial charge is 0.489 e. The van der Waals surface area contributed by atoms with Gasteiger partial charge in [0.2, 0.25) is 5.91 Å². The molecule has 2 aromatic carbocycles. The molecule has 39 heavy (non-hydrogen) atoms. The van der Waals surface area contributed by atoms with Crippen LogP contribution in [-0.2, 0) is 27.5 Å². The average Bonchev–Trinajstić information content (AvgIpc) is 2.90. The first-order chi connectivity index (χ1) is 18.6. The van der Waals surface area contributed by atoms with Crippen molar-refractivity contribution >= 4 is 36.1 Å². The van der Waals surface area contributed by atoms with Crippen LogP contribution in [0.25, 0.3) is 0 Å². The number of carbonyl (C=O) groups is 2. The lowest BCUT2D eigenvalue weighted by Gasteiger charge is -2.38. The Morgan fingerprint density at radius 1 is 1.15 bits per heavy atom. The van der Waals surface area contributed by atoms with Crippen molar-refractivity contribution in [1.82, 2.24) is 10.6 Å². The van der Waals surface area contributed by atoms with Gasteiger partial charge in [-0.2, -0.15) is 0 Å². The first-order valence-electron chi connectivity index (χ1n) is 13.1.